The van der Waals surface area contributed by atoms with Crippen molar-refractivity contribution in [1.29, 1.82) is 0 Å². The minimum absolute atomic E-state index is 0.362. The summed E-state index contributed by atoms with van der Waals surface area (Å²) in [6, 6.07) is 6.18. The Morgan fingerprint density at radius 3 is 3.22 bits per heavy atom. The Kier molecular flexibility index (Phi) is 3.54. The van der Waals surface area contributed by atoms with Crippen LogP contribution in [0.15, 0.2) is 22.7 Å². The first-order valence-corrected chi connectivity index (χ1v) is 7.75. The van der Waals surface area contributed by atoms with Gasteiger partial charge in [0.05, 0.1) is 16.3 Å². The molecule has 1 aromatic carbocycles. The van der Waals surface area contributed by atoms with Crippen molar-refractivity contribution in [2.75, 3.05) is 18.5 Å². The van der Waals surface area contributed by atoms with Crippen LogP contribution in [0.5, 0.6) is 0 Å². The Morgan fingerprint density at radius 2 is 2.44 bits per heavy atom. The molecule has 0 aliphatic carbocycles. The molecular weight excluding hydrogens is 312 g/mol. The van der Waals surface area contributed by atoms with Crippen LogP contribution in [0.4, 0.5) is 5.13 Å². The van der Waals surface area contributed by atoms with Crippen LogP contribution in [0.1, 0.15) is 13.3 Å². The lowest BCUT2D eigenvalue weighted by molar-refractivity contribution is 0.108. The summed E-state index contributed by atoms with van der Waals surface area (Å²) in [7, 11) is 0. The summed E-state index contributed by atoms with van der Waals surface area (Å²) in [5.74, 6) is 0.601. The molecule has 1 aliphatic heterocycles. The Morgan fingerprint density at radius 1 is 1.56 bits per heavy atom. The average molecular weight is 327 g/mol. The third kappa shape index (κ3) is 2.53. The molecule has 0 bridgehead atoms. The molecule has 3 nitrogen and oxygen atoms in total. The van der Waals surface area contributed by atoms with Crippen LogP contribution in [-0.2, 0) is 4.74 Å². The summed E-state index contributed by atoms with van der Waals surface area (Å²) in [6.07, 6.45) is 1.51. The summed E-state index contributed by atoms with van der Waals surface area (Å²) in [5.41, 5.74) is 1.06. The maximum Gasteiger partial charge on any atom is 0.183 e. The van der Waals surface area contributed by atoms with E-state index in [1.54, 1.807) is 11.3 Å². The fourth-order valence-corrected chi connectivity index (χ4v) is 3.66. The normalized spacial score (nSPS) is 23.7. The SMILES string of the molecule is CC1OCCC1CNc1nc2ccc(Br)cc2s1. The molecular formula is C13H15BrN2OS. The van der Waals surface area contributed by atoms with E-state index in [1.807, 2.05) is 12.1 Å². The van der Waals surface area contributed by atoms with Gasteiger partial charge in [-0.1, -0.05) is 27.3 Å². The highest BCUT2D eigenvalue weighted by Gasteiger charge is 2.23. The number of hydrogen-bond donors (Lipinski definition) is 1. The fourth-order valence-electron chi connectivity index (χ4n) is 2.24. The van der Waals surface area contributed by atoms with E-state index in [4.69, 9.17) is 4.74 Å². The third-order valence-corrected chi connectivity index (χ3v) is 4.87. The molecule has 5 heteroatoms. The van der Waals surface area contributed by atoms with Gasteiger partial charge in [-0.3, -0.25) is 0 Å². The highest BCUT2D eigenvalue weighted by atomic mass is 79.9. The van der Waals surface area contributed by atoms with Gasteiger partial charge in [0, 0.05) is 23.5 Å². The predicted molar refractivity (Wildman–Crippen MR) is 79.3 cm³/mol. The lowest BCUT2D eigenvalue weighted by Gasteiger charge is -2.13. The quantitative estimate of drug-likeness (QED) is 0.928. The monoisotopic (exact) mass is 326 g/mol. The zero-order valence-corrected chi connectivity index (χ0v) is 12.6. The van der Waals surface area contributed by atoms with E-state index in [-0.39, 0.29) is 0 Å². The lowest BCUT2D eigenvalue weighted by Crippen LogP contribution is -2.20. The van der Waals surface area contributed by atoms with Crippen molar-refractivity contribution >= 4 is 42.6 Å². The number of hydrogen-bond acceptors (Lipinski definition) is 4. The van der Waals surface area contributed by atoms with Crippen molar-refractivity contribution in [1.82, 2.24) is 4.98 Å². The molecule has 2 heterocycles. The lowest BCUT2D eigenvalue weighted by atomic mass is 10.0. The Labute approximate surface area is 119 Å². The standard InChI is InChI=1S/C13H15BrN2OS/c1-8-9(4-5-17-8)7-15-13-16-11-3-2-10(14)6-12(11)18-13/h2-3,6,8-9H,4-5,7H2,1H3,(H,15,16). The van der Waals surface area contributed by atoms with Crippen molar-refractivity contribution < 1.29 is 4.74 Å². The van der Waals surface area contributed by atoms with Gasteiger partial charge in [0.15, 0.2) is 5.13 Å². The minimum atomic E-state index is 0.362. The van der Waals surface area contributed by atoms with E-state index >= 15 is 0 Å². The topological polar surface area (TPSA) is 34.1 Å². The number of aromatic nitrogens is 1. The number of thiazole rings is 1. The molecule has 18 heavy (non-hydrogen) atoms. The largest absolute Gasteiger partial charge is 0.378 e. The fraction of sp³-hybridized carbons (Fsp3) is 0.462. The molecule has 0 amide bonds. The van der Waals surface area contributed by atoms with Gasteiger partial charge in [-0.2, -0.15) is 0 Å². The minimum Gasteiger partial charge on any atom is -0.378 e. The average Bonchev–Trinajstić information content (AvgIpc) is 2.92. The van der Waals surface area contributed by atoms with Gasteiger partial charge in [0.25, 0.3) is 0 Å². The molecule has 0 saturated carbocycles. The summed E-state index contributed by atoms with van der Waals surface area (Å²) >= 11 is 5.19. The number of nitrogens with zero attached hydrogens (tertiary/aromatic N) is 1. The highest BCUT2D eigenvalue weighted by molar-refractivity contribution is 9.10. The molecule has 2 unspecified atom stereocenters. The van der Waals surface area contributed by atoms with Crippen LogP contribution in [0.2, 0.25) is 0 Å². The summed E-state index contributed by atoms with van der Waals surface area (Å²) in [4.78, 5) is 4.59. The molecule has 1 aliphatic rings. The van der Waals surface area contributed by atoms with Crippen molar-refractivity contribution in [3.05, 3.63) is 22.7 Å². The number of anilines is 1. The molecule has 3 rings (SSSR count). The Hall–Kier alpha value is -0.650. The van der Waals surface area contributed by atoms with Gasteiger partial charge in [-0.15, -0.1) is 0 Å². The first-order chi connectivity index (χ1) is 8.72. The second-order valence-corrected chi connectivity index (χ2v) is 6.58. The molecule has 96 valence electrons. The third-order valence-electron chi connectivity index (χ3n) is 3.40. The molecule has 2 atom stereocenters. The highest BCUT2D eigenvalue weighted by Crippen LogP contribution is 2.29. The van der Waals surface area contributed by atoms with E-state index in [2.05, 4.69) is 39.2 Å². The maximum atomic E-state index is 5.57. The number of ether oxygens (including phenoxy) is 1. The number of fused-ring (bicyclic) bond motifs is 1. The molecule has 1 aromatic heterocycles. The number of rotatable bonds is 3. The zero-order valence-electron chi connectivity index (χ0n) is 10.1. The van der Waals surface area contributed by atoms with Crippen LogP contribution < -0.4 is 5.32 Å². The van der Waals surface area contributed by atoms with Gasteiger partial charge >= 0.3 is 0 Å². The number of halogens is 1. The van der Waals surface area contributed by atoms with Gasteiger partial charge < -0.3 is 10.1 Å². The van der Waals surface area contributed by atoms with E-state index < -0.39 is 0 Å². The summed E-state index contributed by atoms with van der Waals surface area (Å²) in [6.45, 7) is 3.98. The van der Waals surface area contributed by atoms with E-state index in [0.29, 0.717) is 12.0 Å². The summed E-state index contributed by atoms with van der Waals surface area (Å²) in [5, 5.41) is 4.44. The van der Waals surface area contributed by atoms with Crippen LogP contribution in [-0.4, -0.2) is 24.2 Å². The molecule has 0 radical (unpaired) electrons. The smallest absolute Gasteiger partial charge is 0.183 e. The molecule has 1 saturated heterocycles. The second-order valence-electron chi connectivity index (χ2n) is 4.64. The Bertz CT molecular complexity index is 557. The van der Waals surface area contributed by atoms with Crippen LogP contribution in [0.3, 0.4) is 0 Å². The van der Waals surface area contributed by atoms with Crippen LogP contribution in [0.25, 0.3) is 10.2 Å². The van der Waals surface area contributed by atoms with Gasteiger partial charge in [0.2, 0.25) is 0 Å². The second kappa shape index (κ2) is 5.15. The molecule has 2 aromatic rings. The van der Waals surface area contributed by atoms with Crippen LogP contribution in [0, 0.1) is 5.92 Å². The van der Waals surface area contributed by atoms with Crippen molar-refractivity contribution in [2.45, 2.75) is 19.4 Å². The van der Waals surface area contributed by atoms with Gasteiger partial charge in [-0.25, -0.2) is 4.98 Å². The van der Waals surface area contributed by atoms with Crippen molar-refractivity contribution in [3.63, 3.8) is 0 Å². The number of benzene rings is 1. The van der Waals surface area contributed by atoms with E-state index in [0.717, 1.165) is 34.7 Å². The number of nitrogens with one attached hydrogen (secondary N) is 1. The first kappa shape index (κ1) is 12.4. The Balaban J connectivity index is 1.71. The molecule has 1 fully saturated rings. The van der Waals surface area contributed by atoms with E-state index in [1.165, 1.54) is 4.70 Å². The predicted octanol–water partition coefficient (Wildman–Crippen LogP) is 3.90. The molecule has 0 spiro atoms. The zero-order chi connectivity index (χ0) is 12.5. The summed E-state index contributed by atoms with van der Waals surface area (Å²) < 4.78 is 7.88. The molecule has 1 N–H and O–H groups in total. The van der Waals surface area contributed by atoms with Gasteiger partial charge in [0.1, 0.15) is 0 Å². The van der Waals surface area contributed by atoms with E-state index in [9.17, 15) is 0 Å². The van der Waals surface area contributed by atoms with Crippen molar-refractivity contribution in [3.8, 4) is 0 Å². The first-order valence-electron chi connectivity index (χ1n) is 6.14. The van der Waals surface area contributed by atoms with Gasteiger partial charge in [-0.05, 0) is 31.5 Å². The maximum absolute atomic E-state index is 5.57. The van der Waals surface area contributed by atoms with Crippen molar-refractivity contribution in [2.24, 2.45) is 5.92 Å². The van der Waals surface area contributed by atoms with Crippen LogP contribution >= 0.6 is 27.3 Å².